The Labute approximate surface area is 151 Å². The summed E-state index contributed by atoms with van der Waals surface area (Å²) in [5.74, 6) is -0.0299. The van der Waals surface area contributed by atoms with E-state index in [0.29, 0.717) is 5.75 Å². The van der Waals surface area contributed by atoms with E-state index in [4.69, 9.17) is 4.74 Å². The fourth-order valence-electron chi connectivity index (χ4n) is 2.54. The smallest absolute Gasteiger partial charge is 0.170 e. The molecule has 1 nitrogen and oxygen atoms in total. The first-order valence-electron chi connectivity index (χ1n) is 8.27. The van der Waals surface area contributed by atoms with Gasteiger partial charge in [-0.15, -0.1) is 0 Å². The van der Waals surface area contributed by atoms with E-state index in [1.54, 1.807) is 12.1 Å². The lowest BCUT2D eigenvalue weighted by atomic mass is 10.2. The lowest BCUT2D eigenvalue weighted by Crippen LogP contribution is -2.23. The highest BCUT2D eigenvalue weighted by Gasteiger charge is 2.29. The molecule has 0 saturated carbocycles. The predicted molar refractivity (Wildman–Crippen MR) is 102 cm³/mol. The number of hydrogen-bond acceptors (Lipinski definition) is 1. The molecule has 0 radical (unpaired) electrons. The summed E-state index contributed by atoms with van der Waals surface area (Å²) in [6.45, 7) is 5.75. The van der Waals surface area contributed by atoms with Crippen LogP contribution in [-0.2, 0) is 10.9 Å². The molecule has 0 fully saturated rings. The quantitative estimate of drug-likeness (QED) is 0.515. The molecule has 0 saturated heterocycles. The number of rotatable bonds is 4. The second kappa shape index (κ2) is 7.32. The molecule has 0 spiro atoms. The van der Waals surface area contributed by atoms with Gasteiger partial charge in [-0.1, -0.05) is 36.4 Å². The Hall–Kier alpha value is -2.26. The molecule has 0 aliphatic heterocycles. The molecule has 128 valence electrons. The van der Waals surface area contributed by atoms with Crippen molar-refractivity contribution in [2.45, 2.75) is 41.1 Å². The van der Waals surface area contributed by atoms with E-state index in [9.17, 15) is 4.39 Å². The van der Waals surface area contributed by atoms with Crippen molar-refractivity contribution < 1.29 is 9.13 Å². The van der Waals surface area contributed by atoms with E-state index in [2.05, 4.69) is 24.3 Å². The minimum absolute atomic E-state index is 0.293. The van der Waals surface area contributed by atoms with Crippen LogP contribution >= 0.6 is 0 Å². The Morgan fingerprint density at radius 1 is 0.720 bits per heavy atom. The Kier molecular flexibility index (Phi) is 5.14. The minimum atomic E-state index is -0.428. The zero-order chi connectivity index (χ0) is 17.9. The normalized spacial score (nSPS) is 11.6. The molecule has 3 heteroatoms. The predicted octanol–water partition coefficient (Wildman–Crippen LogP) is 6.10. The molecule has 0 aliphatic carbocycles. The number of hydrogen-bond donors (Lipinski definition) is 0. The highest BCUT2D eigenvalue weighted by molar-refractivity contribution is 7.97. The Morgan fingerprint density at radius 3 is 1.68 bits per heavy atom. The van der Waals surface area contributed by atoms with Crippen LogP contribution in [0.3, 0.4) is 0 Å². The summed E-state index contributed by atoms with van der Waals surface area (Å²) in [6, 6.07) is 25.7. The molecule has 3 rings (SSSR count). The van der Waals surface area contributed by atoms with Gasteiger partial charge >= 0.3 is 0 Å². The summed E-state index contributed by atoms with van der Waals surface area (Å²) in [6.07, 6.45) is 0. The van der Waals surface area contributed by atoms with E-state index in [1.807, 2.05) is 63.2 Å². The van der Waals surface area contributed by atoms with Crippen molar-refractivity contribution in [2.24, 2.45) is 0 Å². The molecular weight excluding hydrogens is 331 g/mol. The first kappa shape index (κ1) is 17.6. The van der Waals surface area contributed by atoms with Crippen LogP contribution in [0.5, 0.6) is 5.75 Å². The van der Waals surface area contributed by atoms with Crippen LogP contribution in [0.4, 0.5) is 4.39 Å². The molecule has 0 N–H and O–H groups in total. The van der Waals surface area contributed by atoms with E-state index in [0.717, 1.165) is 14.7 Å². The maximum absolute atomic E-state index is 14.7. The van der Waals surface area contributed by atoms with Crippen molar-refractivity contribution in [3.63, 3.8) is 0 Å². The van der Waals surface area contributed by atoms with Gasteiger partial charge in [-0.3, -0.25) is 0 Å². The molecule has 0 atom stereocenters. The van der Waals surface area contributed by atoms with Crippen molar-refractivity contribution in [2.75, 3.05) is 0 Å². The molecule has 0 heterocycles. The largest absolute Gasteiger partial charge is 0.485 e. The molecule has 0 bridgehead atoms. The Bertz CT molecular complexity index is 786. The van der Waals surface area contributed by atoms with Crippen molar-refractivity contribution in [1.29, 1.82) is 0 Å². The van der Waals surface area contributed by atoms with Crippen LogP contribution in [0.25, 0.3) is 0 Å². The third-order valence-electron chi connectivity index (χ3n) is 3.51. The standard InChI is InChI=1S/C22H22FOS/c1-22(2,3)24-21-15-14-19(16-20(21)23)25(17-10-6-4-7-11-17)18-12-8-5-9-13-18/h4-16H,1-3H3/q+1. The van der Waals surface area contributed by atoms with Crippen LogP contribution in [0, 0.1) is 5.82 Å². The monoisotopic (exact) mass is 353 g/mol. The van der Waals surface area contributed by atoms with E-state index in [-0.39, 0.29) is 16.7 Å². The van der Waals surface area contributed by atoms with Gasteiger partial charge in [0.05, 0.1) is 10.9 Å². The summed E-state index contributed by atoms with van der Waals surface area (Å²) in [4.78, 5) is 3.27. The molecule has 3 aromatic carbocycles. The second-order valence-corrected chi connectivity index (χ2v) is 8.77. The van der Waals surface area contributed by atoms with Gasteiger partial charge in [-0.2, -0.15) is 0 Å². The SMILES string of the molecule is CC(C)(C)Oc1ccc([S+](c2ccccc2)c2ccccc2)cc1F. The average molecular weight is 353 g/mol. The molecule has 0 unspecified atom stereocenters. The van der Waals surface area contributed by atoms with Crippen LogP contribution in [0.1, 0.15) is 20.8 Å². The first-order valence-corrected chi connectivity index (χ1v) is 9.49. The number of halogens is 1. The van der Waals surface area contributed by atoms with Crippen molar-refractivity contribution in [1.82, 2.24) is 0 Å². The maximum Gasteiger partial charge on any atom is 0.170 e. The minimum Gasteiger partial charge on any atom is -0.485 e. The van der Waals surface area contributed by atoms with Gasteiger partial charge in [0.15, 0.2) is 26.3 Å². The molecular formula is C22H22FOS+. The van der Waals surface area contributed by atoms with Crippen LogP contribution in [0.2, 0.25) is 0 Å². The van der Waals surface area contributed by atoms with Crippen molar-refractivity contribution >= 4 is 10.9 Å². The van der Waals surface area contributed by atoms with Crippen LogP contribution in [0.15, 0.2) is 93.5 Å². The third-order valence-corrected chi connectivity index (χ3v) is 5.73. The molecule has 0 aliphatic rings. The van der Waals surface area contributed by atoms with Gasteiger partial charge in [0.2, 0.25) is 0 Å². The van der Waals surface area contributed by atoms with Crippen molar-refractivity contribution in [3.05, 3.63) is 84.7 Å². The van der Waals surface area contributed by atoms with E-state index >= 15 is 0 Å². The van der Waals surface area contributed by atoms with Gasteiger partial charge in [0, 0.05) is 6.07 Å². The van der Waals surface area contributed by atoms with Crippen molar-refractivity contribution in [3.8, 4) is 5.75 Å². The van der Waals surface area contributed by atoms with E-state index < -0.39 is 5.60 Å². The second-order valence-electron chi connectivity index (χ2n) is 6.74. The summed E-state index contributed by atoms with van der Waals surface area (Å²) in [5.41, 5.74) is -0.428. The molecule has 0 aromatic heterocycles. The maximum atomic E-state index is 14.7. The van der Waals surface area contributed by atoms with Gasteiger partial charge in [0.1, 0.15) is 5.60 Å². The number of ether oxygens (including phenoxy) is 1. The van der Waals surface area contributed by atoms with Crippen LogP contribution < -0.4 is 4.74 Å². The third kappa shape index (κ3) is 4.43. The average Bonchev–Trinajstić information content (AvgIpc) is 2.58. The zero-order valence-corrected chi connectivity index (χ0v) is 15.5. The van der Waals surface area contributed by atoms with Gasteiger partial charge in [0.25, 0.3) is 0 Å². The molecule has 0 amide bonds. The highest BCUT2D eigenvalue weighted by atomic mass is 32.2. The summed E-state index contributed by atoms with van der Waals surface area (Å²) in [7, 11) is -0.352. The highest BCUT2D eigenvalue weighted by Crippen LogP contribution is 2.33. The van der Waals surface area contributed by atoms with Crippen LogP contribution in [-0.4, -0.2) is 5.60 Å². The topological polar surface area (TPSA) is 9.23 Å². The summed E-state index contributed by atoms with van der Waals surface area (Å²) in [5, 5.41) is 0. The van der Waals surface area contributed by atoms with Gasteiger partial charge < -0.3 is 4.74 Å². The fraction of sp³-hybridized carbons (Fsp3) is 0.182. The lowest BCUT2D eigenvalue weighted by molar-refractivity contribution is 0.124. The van der Waals surface area contributed by atoms with E-state index in [1.165, 1.54) is 0 Å². The zero-order valence-electron chi connectivity index (χ0n) is 14.7. The Morgan fingerprint density at radius 2 is 1.24 bits per heavy atom. The molecule has 25 heavy (non-hydrogen) atoms. The fourth-order valence-corrected chi connectivity index (χ4v) is 4.64. The lowest BCUT2D eigenvalue weighted by Gasteiger charge is -2.21. The summed E-state index contributed by atoms with van der Waals surface area (Å²) >= 11 is 0. The number of benzene rings is 3. The molecule has 3 aromatic rings. The first-order chi connectivity index (χ1) is 11.9. The summed E-state index contributed by atoms with van der Waals surface area (Å²) < 4.78 is 20.4. The van der Waals surface area contributed by atoms with Gasteiger partial charge in [-0.25, -0.2) is 4.39 Å². The van der Waals surface area contributed by atoms with Gasteiger partial charge in [-0.05, 0) is 57.2 Å². The Balaban J connectivity index is 2.04.